The minimum atomic E-state index is -1.33. The largest absolute Gasteiger partial charge is 0.465 e. The summed E-state index contributed by atoms with van der Waals surface area (Å²) in [6, 6.07) is 0. The van der Waals surface area contributed by atoms with Gasteiger partial charge in [-0.2, -0.15) is 0 Å². The fraction of sp³-hybridized carbons (Fsp3) is 0. The molecule has 0 unspecified atom stereocenters. The van der Waals surface area contributed by atoms with Crippen molar-refractivity contribution in [2.45, 2.75) is 0 Å². The SMILES string of the molecule is N=C=O.[2H]NC(=O)O. The van der Waals surface area contributed by atoms with Crippen molar-refractivity contribution in [1.82, 2.24) is 0 Å². The van der Waals surface area contributed by atoms with Crippen molar-refractivity contribution in [3.63, 3.8) is 0 Å². The number of nitrogens with two attached hydrogens (primary N) is 1. The molecule has 4 N–H and O–H groups in total. The number of hydrogen-bond acceptors (Lipinski definition) is 3. The molecule has 0 spiro atoms. The van der Waals surface area contributed by atoms with Gasteiger partial charge in [-0.15, -0.1) is 0 Å². The van der Waals surface area contributed by atoms with Gasteiger partial charge in [-0.25, -0.2) is 15.0 Å². The molecule has 0 bridgehead atoms. The molecule has 5 heteroatoms. The molecule has 0 saturated carbocycles. The highest BCUT2D eigenvalue weighted by molar-refractivity contribution is 5.61. The lowest BCUT2D eigenvalue weighted by atomic mass is 11.3. The van der Waals surface area contributed by atoms with Gasteiger partial charge in [0.15, 0.2) is 1.41 Å². The number of rotatable bonds is 0. The molecule has 1 amide bonds. The van der Waals surface area contributed by atoms with Crippen LogP contribution in [-0.2, 0) is 4.79 Å². The zero-order chi connectivity index (χ0) is 6.99. The van der Waals surface area contributed by atoms with Crippen LogP contribution in [0.2, 0.25) is 1.41 Å². The van der Waals surface area contributed by atoms with E-state index in [1.165, 1.54) is 5.73 Å². The third-order valence-electron chi connectivity index (χ3n) is 0. The summed E-state index contributed by atoms with van der Waals surface area (Å²) in [7, 11) is 0. The smallest absolute Gasteiger partial charge is 0.402 e. The molecule has 0 radical (unpaired) electrons. The van der Waals surface area contributed by atoms with Crippen molar-refractivity contribution in [3.8, 4) is 0 Å². The third kappa shape index (κ3) is 17.9. The van der Waals surface area contributed by atoms with E-state index >= 15 is 0 Å². The lowest BCUT2D eigenvalue weighted by Crippen LogP contribution is -2.03. The standard InChI is InChI=1S/CH3NO2.CHNO/c2-1(3)4;2-1-3/h2H2,(H,3,4);2H/i/hD. The maximum atomic E-state index is 9.07. The summed E-state index contributed by atoms with van der Waals surface area (Å²) in [5.41, 5.74) is 1.19. The Balaban J connectivity index is 0. The highest BCUT2D eigenvalue weighted by Crippen LogP contribution is 1.34. The molecule has 0 aliphatic rings. The molecule has 40 valence electrons. The predicted molar refractivity (Wildman–Crippen MR) is 20.6 cm³/mol. The Morgan fingerprint density at radius 2 is 2.29 bits per heavy atom. The highest BCUT2D eigenvalue weighted by atomic mass is 16.4. The Kier molecular flexibility index (Phi) is 7.12. The molecule has 0 rings (SSSR count). The molecular formula is C2H4N2O3. The fourth-order valence-corrected chi connectivity index (χ4v) is 0. The van der Waals surface area contributed by atoms with Gasteiger partial charge in [0.05, 0.1) is 0 Å². The van der Waals surface area contributed by atoms with E-state index in [0.29, 0.717) is 0 Å². The van der Waals surface area contributed by atoms with Crippen LogP contribution in [-0.4, -0.2) is 17.3 Å². The van der Waals surface area contributed by atoms with Crippen LogP contribution in [0.25, 0.3) is 0 Å². The van der Waals surface area contributed by atoms with Crippen LogP contribution < -0.4 is 5.73 Å². The quantitative estimate of drug-likeness (QED) is 0.286. The predicted octanol–water partition coefficient (Wildman–Crippen LogP) is -0.476. The zero-order valence-corrected chi connectivity index (χ0v) is 3.26. The molecule has 7 heavy (non-hydrogen) atoms. The Labute approximate surface area is 40.7 Å². The number of carbonyl (C=O) groups is 1. The second-order valence-corrected chi connectivity index (χ2v) is 0.407. The minimum absolute atomic E-state index is 0.750. The number of carbonyl (C=O) groups excluding carboxylic acids is 1. The Morgan fingerprint density at radius 3 is 2.29 bits per heavy atom. The maximum absolute atomic E-state index is 9.07. The Bertz CT molecular complexity index is 97.5. The molecule has 0 aromatic heterocycles. The van der Waals surface area contributed by atoms with Crippen LogP contribution in [0.5, 0.6) is 0 Å². The molecule has 0 fully saturated rings. The summed E-state index contributed by atoms with van der Waals surface area (Å²) in [6.45, 7) is 0. The van der Waals surface area contributed by atoms with Gasteiger partial charge < -0.3 is 10.8 Å². The topological polar surface area (TPSA) is 104 Å². The summed E-state index contributed by atoms with van der Waals surface area (Å²) in [6.07, 6.45) is -0.579. The fourth-order valence-electron chi connectivity index (χ4n) is 0. The number of amides is 1. The van der Waals surface area contributed by atoms with E-state index in [9.17, 15) is 0 Å². The van der Waals surface area contributed by atoms with Crippen LogP contribution in [0.4, 0.5) is 4.79 Å². The molecule has 0 aromatic carbocycles. The third-order valence-corrected chi connectivity index (χ3v) is 0. The average Bonchev–Trinajstić information content (AvgIpc) is 1.69. The van der Waals surface area contributed by atoms with Gasteiger partial charge in [0.2, 0.25) is 6.08 Å². The monoisotopic (exact) mass is 105 g/mol. The van der Waals surface area contributed by atoms with Gasteiger partial charge in [-0.05, 0) is 0 Å². The van der Waals surface area contributed by atoms with Crippen molar-refractivity contribution in [2.75, 3.05) is 0 Å². The Hall–Kier alpha value is -1.35. The maximum Gasteiger partial charge on any atom is 0.402 e. The van der Waals surface area contributed by atoms with E-state index in [1.54, 1.807) is 0 Å². The zero-order valence-electron chi connectivity index (χ0n) is 4.26. The van der Waals surface area contributed by atoms with Crippen LogP contribution in [0.3, 0.4) is 0 Å². The molecule has 0 aliphatic heterocycles. The lowest BCUT2D eigenvalue weighted by molar-refractivity contribution is 0.205. The van der Waals surface area contributed by atoms with E-state index < -0.39 is 6.09 Å². The van der Waals surface area contributed by atoms with Crippen LogP contribution >= 0.6 is 0 Å². The normalized spacial score (nSPS) is 6.00. The van der Waals surface area contributed by atoms with Crippen molar-refractivity contribution >= 4 is 12.2 Å². The molecule has 0 atom stereocenters. The van der Waals surface area contributed by atoms with Crippen molar-refractivity contribution < 1.29 is 16.1 Å². The molecule has 5 nitrogen and oxygen atoms in total. The van der Waals surface area contributed by atoms with Crippen LogP contribution in [0.1, 0.15) is 0 Å². The lowest BCUT2D eigenvalue weighted by Gasteiger charge is -1.61. The Morgan fingerprint density at radius 1 is 2.14 bits per heavy atom. The number of carboxylic acid groups (broad SMARTS) is 1. The van der Waals surface area contributed by atoms with E-state index in [2.05, 4.69) is 0 Å². The first kappa shape index (κ1) is 5.65. The van der Waals surface area contributed by atoms with Crippen molar-refractivity contribution in [2.24, 2.45) is 5.73 Å². The number of primary amides is 1. The van der Waals surface area contributed by atoms with E-state index in [1.807, 2.05) is 0 Å². The van der Waals surface area contributed by atoms with Crippen molar-refractivity contribution in [3.05, 3.63) is 0 Å². The van der Waals surface area contributed by atoms with Gasteiger partial charge in [-0.3, -0.25) is 0 Å². The highest BCUT2D eigenvalue weighted by Gasteiger charge is 1.65. The molecule has 0 aromatic rings. The number of hydrogen-bond donors (Lipinski definition) is 3. The first-order valence-corrected chi connectivity index (χ1v) is 1.13. The van der Waals surface area contributed by atoms with Gasteiger partial charge in [0.1, 0.15) is 0 Å². The molecule has 0 heterocycles. The van der Waals surface area contributed by atoms with Gasteiger partial charge >= 0.3 is 6.09 Å². The first-order valence-electron chi connectivity index (χ1n) is 1.63. The minimum Gasteiger partial charge on any atom is -0.465 e. The summed E-state index contributed by atoms with van der Waals surface area (Å²) < 4.78 is 5.81. The molecular weight excluding hydrogens is 100 g/mol. The van der Waals surface area contributed by atoms with E-state index in [4.69, 9.17) is 21.5 Å². The summed E-state index contributed by atoms with van der Waals surface area (Å²) >= 11 is 0. The average molecular weight is 105 g/mol. The molecule has 0 saturated heterocycles. The summed E-state index contributed by atoms with van der Waals surface area (Å²) in [4.78, 5) is 17.4. The van der Waals surface area contributed by atoms with Gasteiger partial charge in [0, 0.05) is 0 Å². The van der Waals surface area contributed by atoms with E-state index in [0.717, 1.165) is 6.08 Å². The second-order valence-electron chi connectivity index (χ2n) is 0.407. The first-order chi connectivity index (χ1) is 3.68. The molecule has 0 aliphatic carbocycles. The number of nitrogens with one attached hydrogen (secondary N) is 1. The van der Waals surface area contributed by atoms with Gasteiger partial charge in [-0.1, -0.05) is 0 Å². The van der Waals surface area contributed by atoms with Gasteiger partial charge in [0.25, 0.3) is 0 Å². The van der Waals surface area contributed by atoms with Crippen LogP contribution in [0.15, 0.2) is 0 Å². The van der Waals surface area contributed by atoms with Crippen molar-refractivity contribution in [1.29, 1.82) is 5.41 Å². The van der Waals surface area contributed by atoms with E-state index in [-0.39, 0.29) is 0 Å². The second kappa shape index (κ2) is 8.82. The van der Waals surface area contributed by atoms with Crippen LogP contribution in [0, 0.1) is 5.41 Å². The summed E-state index contributed by atoms with van der Waals surface area (Å²) in [5, 5.41) is 12.8. The summed E-state index contributed by atoms with van der Waals surface area (Å²) in [5.74, 6) is 0. The number of isocyanates is 1.